The Bertz CT molecular complexity index is 1490. The molecule has 0 bridgehead atoms. The quantitative estimate of drug-likeness (QED) is 0.131. The number of pyridine rings is 1. The third-order valence-corrected chi connectivity index (χ3v) is 5.38. The van der Waals surface area contributed by atoms with E-state index in [1.54, 1.807) is 24.3 Å². The highest BCUT2D eigenvalue weighted by molar-refractivity contribution is 6.08. The molecule has 0 spiro atoms. The summed E-state index contributed by atoms with van der Waals surface area (Å²) < 4.78 is 0. The number of carbonyl (C=O) groups is 1. The van der Waals surface area contributed by atoms with Gasteiger partial charge in [-0.3, -0.25) is 0 Å². The van der Waals surface area contributed by atoms with Gasteiger partial charge in [-0.25, -0.2) is 14.8 Å². The summed E-state index contributed by atoms with van der Waals surface area (Å²) in [7, 11) is 0. The second-order valence-electron chi connectivity index (χ2n) is 7.89. The number of fused-ring (bicyclic) bond motifs is 2. The minimum Gasteiger partial charge on any atom is -0.370 e. The Morgan fingerprint density at radius 1 is 0.657 bits per heavy atom. The van der Waals surface area contributed by atoms with Crippen molar-refractivity contribution in [1.82, 2.24) is 4.98 Å². The first-order valence-electron chi connectivity index (χ1n) is 11.0. The van der Waals surface area contributed by atoms with Crippen molar-refractivity contribution in [3.8, 4) is 0 Å². The fourth-order valence-electron chi connectivity index (χ4n) is 3.82. The number of anilines is 4. The fourth-order valence-corrected chi connectivity index (χ4v) is 3.82. The number of aliphatic imine (C=N–C) groups is 1. The van der Waals surface area contributed by atoms with Crippen LogP contribution >= 0.6 is 0 Å². The van der Waals surface area contributed by atoms with Gasteiger partial charge in [-0.15, -0.1) is 0 Å². The molecular formula is C27H23N7O. The van der Waals surface area contributed by atoms with Gasteiger partial charge in [-0.1, -0.05) is 36.4 Å². The molecule has 0 saturated heterocycles. The van der Waals surface area contributed by atoms with Crippen LogP contribution in [-0.2, 0) is 0 Å². The smallest absolute Gasteiger partial charge is 0.323 e. The summed E-state index contributed by atoms with van der Waals surface area (Å²) in [5.74, 6) is -0.0216. The average Bonchev–Trinajstić information content (AvgIpc) is 2.86. The van der Waals surface area contributed by atoms with Gasteiger partial charge in [0.2, 0.25) is 0 Å². The molecule has 5 rings (SSSR count). The van der Waals surface area contributed by atoms with E-state index in [1.165, 1.54) is 0 Å². The van der Waals surface area contributed by atoms with E-state index < -0.39 is 0 Å². The molecule has 172 valence electrons. The summed E-state index contributed by atoms with van der Waals surface area (Å²) in [6.07, 6.45) is 0. The van der Waals surface area contributed by atoms with E-state index in [-0.39, 0.29) is 12.0 Å². The number of hydrogen-bond acceptors (Lipinski definition) is 4. The van der Waals surface area contributed by atoms with Crippen LogP contribution in [0, 0.1) is 0 Å². The van der Waals surface area contributed by atoms with Gasteiger partial charge in [0.15, 0.2) is 5.96 Å². The number of urea groups is 1. The standard InChI is InChI=1S/C27H23N7O/c28-26(29)31-18-11-15-20(16-12-18)33-27(35)32-19-13-9-17(10-14-19)30-25-21-5-1-3-7-23(21)34-24-8-4-2-6-22(24)25/h1-16H,(H,30,34)(H4,28,29,31)(H2,32,33,35). The van der Waals surface area contributed by atoms with Gasteiger partial charge in [-0.05, 0) is 60.7 Å². The first kappa shape index (κ1) is 21.7. The summed E-state index contributed by atoms with van der Waals surface area (Å²) in [5, 5.41) is 11.2. The van der Waals surface area contributed by atoms with E-state index in [0.717, 1.165) is 33.2 Å². The van der Waals surface area contributed by atoms with Gasteiger partial charge >= 0.3 is 6.03 Å². The van der Waals surface area contributed by atoms with Crippen LogP contribution in [0.15, 0.2) is 102 Å². The summed E-state index contributed by atoms with van der Waals surface area (Å²) in [5.41, 5.74) is 16.4. The van der Waals surface area contributed by atoms with Gasteiger partial charge in [0.25, 0.3) is 0 Å². The predicted octanol–water partition coefficient (Wildman–Crippen LogP) is 5.68. The van der Waals surface area contributed by atoms with E-state index in [1.807, 2.05) is 60.7 Å². The normalized spacial score (nSPS) is 10.6. The molecule has 1 aromatic heterocycles. The van der Waals surface area contributed by atoms with Gasteiger partial charge in [-0.2, -0.15) is 0 Å². The van der Waals surface area contributed by atoms with E-state index in [0.29, 0.717) is 17.1 Å². The lowest BCUT2D eigenvalue weighted by Crippen LogP contribution is -2.21. The number of carbonyl (C=O) groups excluding carboxylic acids is 1. The molecule has 2 amide bonds. The van der Waals surface area contributed by atoms with E-state index in [9.17, 15) is 4.79 Å². The third-order valence-electron chi connectivity index (χ3n) is 5.38. The molecule has 0 aliphatic carbocycles. The highest BCUT2D eigenvalue weighted by Gasteiger charge is 2.09. The number of aromatic nitrogens is 1. The Balaban J connectivity index is 1.30. The van der Waals surface area contributed by atoms with Crippen LogP contribution in [0.1, 0.15) is 0 Å². The van der Waals surface area contributed by atoms with Crippen LogP contribution in [-0.4, -0.2) is 17.0 Å². The van der Waals surface area contributed by atoms with Gasteiger partial charge in [0, 0.05) is 27.8 Å². The number of nitrogens with zero attached hydrogens (tertiary/aromatic N) is 2. The molecule has 0 fully saturated rings. The summed E-state index contributed by atoms with van der Waals surface area (Å²) in [6.45, 7) is 0. The van der Waals surface area contributed by atoms with E-state index in [4.69, 9.17) is 16.5 Å². The van der Waals surface area contributed by atoms with Crippen molar-refractivity contribution in [3.05, 3.63) is 97.1 Å². The third kappa shape index (κ3) is 4.96. The maximum atomic E-state index is 12.4. The molecule has 4 aromatic carbocycles. The van der Waals surface area contributed by atoms with Crippen LogP contribution in [0.4, 0.5) is 33.2 Å². The molecule has 0 saturated carbocycles. The lowest BCUT2D eigenvalue weighted by molar-refractivity contribution is 0.262. The molecule has 0 atom stereocenters. The lowest BCUT2D eigenvalue weighted by Gasteiger charge is -2.14. The Kier molecular flexibility index (Phi) is 5.83. The van der Waals surface area contributed by atoms with Crippen LogP contribution in [0.25, 0.3) is 21.8 Å². The van der Waals surface area contributed by atoms with Crippen molar-refractivity contribution in [2.75, 3.05) is 16.0 Å². The van der Waals surface area contributed by atoms with Crippen LogP contribution in [0.3, 0.4) is 0 Å². The predicted molar refractivity (Wildman–Crippen MR) is 144 cm³/mol. The SMILES string of the molecule is NC(N)=Nc1ccc(NC(=O)Nc2ccc(Nc3c4ccccc4nc4ccccc34)cc2)cc1. The van der Waals surface area contributed by atoms with Crippen molar-refractivity contribution in [3.63, 3.8) is 0 Å². The average molecular weight is 462 g/mol. The maximum Gasteiger partial charge on any atom is 0.323 e. The number of guanidine groups is 1. The lowest BCUT2D eigenvalue weighted by atomic mass is 10.1. The number of hydrogen-bond donors (Lipinski definition) is 5. The van der Waals surface area contributed by atoms with Crippen LogP contribution in [0.5, 0.6) is 0 Å². The maximum absolute atomic E-state index is 12.4. The molecule has 5 aromatic rings. The zero-order valence-corrected chi connectivity index (χ0v) is 18.7. The van der Waals surface area contributed by atoms with Crippen LogP contribution in [0.2, 0.25) is 0 Å². The minimum atomic E-state index is -0.355. The molecule has 7 N–H and O–H groups in total. The number of para-hydroxylation sites is 2. The zero-order valence-electron chi connectivity index (χ0n) is 18.7. The largest absolute Gasteiger partial charge is 0.370 e. The van der Waals surface area contributed by atoms with Crippen LogP contribution < -0.4 is 27.4 Å². The number of nitrogens with one attached hydrogen (secondary N) is 3. The Hall–Kier alpha value is -5.11. The number of nitrogens with two attached hydrogens (primary N) is 2. The summed E-state index contributed by atoms with van der Waals surface area (Å²) >= 11 is 0. The molecule has 1 heterocycles. The molecule has 8 nitrogen and oxygen atoms in total. The highest BCUT2D eigenvalue weighted by atomic mass is 16.2. The second-order valence-corrected chi connectivity index (χ2v) is 7.89. The number of rotatable bonds is 5. The fraction of sp³-hybridized carbons (Fsp3) is 0. The molecule has 0 aliphatic heterocycles. The van der Waals surface area contributed by atoms with Crippen molar-refractivity contribution in [2.24, 2.45) is 16.5 Å². The number of amides is 2. The molecule has 0 aliphatic rings. The summed E-state index contributed by atoms with van der Waals surface area (Å²) in [6, 6.07) is 30.1. The zero-order chi connectivity index (χ0) is 24.2. The molecule has 35 heavy (non-hydrogen) atoms. The van der Waals surface area contributed by atoms with Crippen molar-refractivity contribution in [2.45, 2.75) is 0 Å². The Labute approximate surface area is 201 Å². The molecular weight excluding hydrogens is 438 g/mol. The van der Waals surface area contributed by atoms with E-state index in [2.05, 4.69) is 33.1 Å². The molecule has 0 radical (unpaired) electrons. The van der Waals surface area contributed by atoms with Crippen molar-refractivity contribution >= 4 is 62.2 Å². The molecule has 8 heteroatoms. The highest BCUT2D eigenvalue weighted by Crippen LogP contribution is 2.33. The Morgan fingerprint density at radius 2 is 1.14 bits per heavy atom. The van der Waals surface area contributed by atoms with Crippen molar-refractivity contribution < 1.29 is 4.79 Å². The van der Waals surface area contributed by atoms with Gasteiger partial charge in [0.1, 0.15) is 0 Å². The summed E-state index contributed by atoms with van der Waals surface area (Å²) in [4.78, 5) is 21.1. The van der Waals surface area contributed by atoms with Gasteiger partial charge < -0.3 is 27.4 Å². The second kappa shape index (κ2) is 9.40. The van der Waals surface area contributed by atoms with Gasteiger partial charge in [0.05, 0.1) is 22.4 Å². The molecule has 0 unspecified atom stereocenters. The van der Waals surface area contributed by atoms with Crippen molar-refractivity contribution in [1.29, 1.82) is 0 Å². The monoisotopic (exact) mass is 461 g/mol. The minimum absolute atomic E-state index is 0.0216. The Morgan fingerprint density at radius 3 is 1.69 bits per heavy atom. The first-order valence-corrected chi connectivity index (χ1v) is 11.0. The number of benzene rings is 4. The van der Waals surface area contributed by atoms with E-state index >= 15 is 0 Å². The first-order chi connectivity index (χ1) is 17.0. The topological polar surface area (TPSA) is 130 Å².